The number of amides is 2. The first-order chi connectivity index (χ1) is 11.1. The Kier molecular flexibility index (Phi) is 8.06. The monoisotopic (exact) mass is 369 g/mol. The van der Waals surface area contributed by atoms with E-state index in [0.717, 1.165) is 12.0 Å². The van der Waals surface area contributed by atoms with Crippen LogP contribution in [0.3, 0.4) is 0 Å². The van der Waals surface area contributed by atoms with E-state index < -0.39 is 6.04 Å². The molecule has 0 radical (unpaired) electrons. The number of nitrogens with zero attached hydrogens (tertiary/aromatic N) is 1. The summed E-state index contributed by atoms with van der Waals surface area (Å²) < 4.78 is 0. The maximum atomic E-state index is 12.4. The zero-order valence-electron chi connectivity index (χ0n) is 13.4. The number of carbonyl (C=O) groups excluding carboxylic acids is 2. The number of nitrogens with one attached hydrogen (secondary N) is 2. The van der Waals surface area contributed by atoms with Gasteiger partial charge in [0.15, 0.2) is 0 Å². The van der Waals surface area contributed by atoms with E-state index in [0.29, 0.717) is 18.0 Å². The van der Waals surface area contributed by atoms with Crippen LogP contribution in [0.5, 0.6) is 0 Å². The molecule has 1 aromatic rings. The molecule has 1 saturated heterocycles. The molecule has 1 aromatic carbocycles. The molecule has 0 spiro atoms. The van der Waals surface area contributed by atoms with Crippen LogP contribution >= 0.6 is 24.0 Å². The topological polar surface area (TPSA) is 61.4 Å². The highest BCUT2D eigenvalue weighted by molar-refractivity contribution is 6.30. The molecule has 1 heterocycles. The van der Waals surface area contributed by atoms with Crippen molar-refractivity contribution in [3.63, 3.8) is 0 Å². The van der Waals surface area contributed by atoms with Crippen LogP contribution in [0.2, 0.25) is 5.02 Å². The number of halogens is 2. The highest BCUT2D eigenvalue weighted by Gasteiger charge is 2.38. The minimum Gasteiger partial charge on any atom is -0.358 e. The second-order valence-electron chi connectivity index (χ2n) is 5.39. The molecular weight excluding hydrogens is 349 g/mol. The summed E-state index contributed by atoms with van der Waals surface area (Å²) in [6.45, 7) is 0.865. The van der Waals surface area contributed by atoms with E-state index in [4.69, 9.17) is 18.0 Å². The summed E-state index contributed by atoms with van der Waals surface area (Å²) in [6, 6.07) is 6.24. The first-order valence-electron chi connectivity index (χ1n) is 7.52. The molecule has 0 saturated carbocycles. The van der Waals surface area contributed by atoms with Crippen molar-refractivity contribution in [2.45, 2.75) is 24.9 Å². The smallest absolute Gasteiger partial charge is 0.241 e. The minimum atomic E-state index is -0.527. The van der Waals surface area contributed by atoms with E-state index in [1.165, 1.54) is 0 Å². The Morgan fingerprint density at radius 1 is 1.42 bits per heavy atom. The summed E-state index contributed by atoms with van der Waals surface area (Å²) in [5.74, 6) is 2.11. The summed E-state index contributed by atoms with van der Waals surface area (Å²) in [7, 11) is 1.59. The number of hydrogen-bond acceptors (Lipinski definition) is 3. The Hall–Kier alpha value is -1.74. The van der Waals surface area contributed by atoms with Crippen LogP contribution in [0, 0.1) is 12.3 Å². The Bertz CT molecular complexity index is 613. The van der Waals surface area contributed by atoms with Crippen molar-refractivity contribution >= 4 is 35.8 Å². The lowest BCUT2D eigenvalue weighted by molar-refractivity contribution is -0.131. The SMILES string of the molecule is C#CCNC(=O)[C@@H]1CCCN1[C@@H](C(=O)NC)c1ccc(Cl)cc1.Cl. The van der Waals surface area contributed by atoms with Gasteiger partial charge in [0, 0.05) is 18.6 Å². The van der Waals surface area contributed by atoms with Crippen molar-refractivity contribution < 1.29 is 9.59 Å². The van der Waals surface area contributed by atoms with E-state index in [1.807, 2.05) is 17.0 Å². The molecule has 24 heavy (non-hydrogen) atoms. The Morgan fingerprint density at radius 2 is 2.08 bits per heavy atom. The third-order valence-corrected chi connectivity index (χ3v) is 4.23. The number of rotatable bonds is 5. The van der Waals surface area contributed by atoms with Crippen LogP contribution in [-0.2, 0) is 9.59 Å². The second-order valence-corrected chi connectivity index (χ2v) is 5.82. The van der Waals surface area contributed by atoms with Gasteiger partial charge >= 0.3 is 0 Å². The number of likely N-dealkylation sites (tertiary alicyclic amines) is 1. The van der Waals surface area contributed by atoms with E-state index in [1.54, 1.807) is 19.2 Å². The van der Waals surface area contributed by atoms with Gasteiger partial charge in [-0.2, -0.15) is 0 Å². The number of hydrogen-bond donors (Lipinski definition) is 2. The van der Waals surface area contributed by atoms with Crippen molar-refractivity contribution in [1.29, 1.82) is 0 Å². The fraction of sp³-hybridized carbons (Fsp3) is 0.412. The number of likely N-dealkylation sites (N-methyl/N-ethyl adjacent to an activating group) is 1. The van der Waals surface area contributed by atoms with Gasteiger partial charge in [0.2, 0.25) is 11.8 Å². The van der Waals surface area contributed by atoms with Crippen molar-refractivity contribution in [2.24, 2.45) is 0 Å². The largest absolute Gasteiger partial charge is 0.358 e. The number of terminal acetylenes is 1. The lowest BCUT2D eigenvalue weighted by Crippen LogP contribution is -2.48. The van der Waals surface area contributed by atoms with Crippen molar-refractivity contribution in [3.8, 4) is 12.3 Å². The second kappa shape index (κ2) is 9.53. The Morgan fingerprint density at radius 3 is 2.67 bits per heavy atom. The molecule has 1 fully saturated rings. The van der Waals surface area contributed by atoms with Crippen LogP contribution < -0.4 is 10.6 Å². The van der Waals surface area contributed by atoms with Gasteiger partial charge in [0.1, 0.15) is 6.04 Å². The summed E-state index contributed by atoms with van der Waals surface area (Å²) in [4.78, 5) is 26.7. The van der Waals surface area contributed by atoms with E-state index >= 15 is 0 Å². The van der Waals surface area contributed by atoms with Gasteiger partial charge in [-0.15, -0.1) is 18.8 Å². The molecule has 0 aromatic heterocycles. The first-order valence-corrected chi connectivity index (χ1v) is 7.90. The standard InChI is InChI=1S/C17H20ClN3O2.ClH/c1-3-10-20-16(22)14-5-4-11-21(14)15(17(23)19-2)12-6-8-13(18)9-7-12;/h1,6-9,14-15H,4-5,10-11H2,2H3,(H,19,23)(H,20,22);1H/t14-,15+;/m0./s1. The number of benzene rings is 1. The quantitative estimate of drug-likeness (QED) is 0.777. The zero-order valence-corrected chi connectivity index (χ0v) is 15.0. The summed E-state index contributed by atoms with van der Waals surface area (Å²) in [6.07, 6.45) is 6.75. The molecule has 0 aliphatic carbocycles. The average Bonchev–Trinajstić information content (AvgIpc) is 3.03. The summed E-state index contributed by atoms with van der Waals surface area (Å²) >= 11 is 5.93. The molecule has 0 bridgehead atoms. The van der Waals surface area contributed by atoms with Gasteiger partial charge in [-0.3, -0.25) is 14.5 Å². The highest BCUT2D eigenvalue weighted by Crippen LogP contribution is 2.30. The Balaban J connectivity index is 0.00000288. The molecule has 130 valence electrons. The van der Waals surface area contributed by atoms with Gasteiger partial charge in [-0.25, -0.2) is 0 Å². The average molecular weight is 370 g/mol. The predicted molar refractivity (Wildman–Crippen MR) is 97.1 cm³/mol. The van der Waals surface area contributed by atoms with Crippen LogP contribution in [0.25, 0.3) is 0 Å². The van der Waals surface area contributed by atoms with Gasteiger partial charge in [0.05, 0.1) is 12.6 Å². The molecule has 2 rings (SSSR count). The first kappa shape index (κ1) is 20.3. The minimum absolute atomic E-state index is 0. The molecule has 2 amide bonds. The third-order valence-electron chi connectivity index (χ3n) is 3.97. The van der Waals surface area contributed by atoms with Crippen LogP contribution in [-0.4, -0.2) is 42.9 Å². The van der Waals surface area contributed by atoms with Crippen LogP contribution in [0.4, 0.5) is 0 Å². The van der Waals surface area contributed by atoms with Gasteiger partial charge in [-0.1, -0.05) is 29.7 Å². The third kappa shape index (κ3) is 4.64. The number of carbonyl (C=O) groups is 2. The van der Waals surface area contributed by atoms with E-state index in [2.05, 4.69) is 16.6 Å². The lowest BCUT2D eigenvalue weighted by Gasteiger charge is -2.31. The van der Waals surface area contributed by atoms with Crippen molar-refractivity contribution in [1.82, 2.24) is 15.5 Å². The fourth-order valence-electron chi connectivity index (χ4n) is 2.91. The zero-order chi connectivity index (χ0) is 16.8. The highest BCUT2D eigenvalue weighted by atomic mass is 35.5. The van der Waals surface area contributed by atoms with E-state index in [-0.39, 0.29) is 36.8 Å². The Labute approximate surface area is 153 Å². The summed E-state index contributed by atoms with van der Waals surface area (Å²) in [5, 5.41) is 5.99. The van der Waals surface area contributed by atoms with Crippen molar-refractivity contribution in [2.75, 3.05) is 20.1 Å². The molecule has 1 aliphatic rings. The van der Waals surface area contributed by atoms with Crippen LogP contribution in [0.1, 0.15) is 24.4 Å². The lowest BCUT2D eigenvalue weighted by atomic mass is 10.0. The van der Waals surface area contributed by atoms with E-state index in [9.17, 15) is 9.59 Å². The maximum Gasteiger partial charge on any atom is 0.241 e. The van der Waals surface area contributed by atoms with Gasteiger partial charge < -0.3 is 10.6 Å². The van der Waals surface area contributed by atoms with Crippen LogP contribution in [0.15, 0.2) is 24.3 Å². The fourth-order valence-corrected chi connectivity index (χ4v) is 3.04. The molecule has 1 aliphatic heterocycles. The summed E-state index contributed by atoms with van der Waals surface area (Å²) in [5.41, 5.74) is 0.811. The van der Waals surface area contributed by atoms with Gasteiger partial charge in [-0.05, 0) is 30.5 Å². The molecule has 2 atom stereocenters. The van der Waals surface area contributed by atoms with Gasteiger partial charge in [0.25, 0.3) is 0 Å². The molecule has 5 nitrogen and oxygen atoms in total. The molecule has 7 heteroatoms. The normalized spacial score (nSPS) is 18.1. The molecular formula is C17H21Cl2N3O2. The molecule has 2 N–H and O–H groups in total. The van der Waals surface area contributed by atoms with Crippen molar-refractivity contribution in [3.05, 3.63) is 34.9 Å². The predicted octanol–water partition coefficient (Wildman–Crippen LogP) is 1.76. The molecule has 0 unspecified atom stereocenters. The maximum absolute atomic E-state index is 12.4.